The minimum absolute atomic E-state index is 0.0874. The lowest BCUT2D eigenvalue weighted by Crippen LogP contribution is -2.51. The first-order valence-electron chi connectivity index (χ1n) is 6.21. The Hall–Kier alpha value is -1.14. The van der Waals surface area contributed by atoms with Crippen LogP contribution in [0.4, 0.5) is 0 Å². The number of aliphatic carboxylic acids is 1. The molecular weight excluding hydrogens is 238 g/mol. The summed E-state index contributed by atoms with van der Waals surface area (Å²) in [5, 5.41) is 9.18. The molecule has 0 radical (unpaired) electrons. The third-order valence-electron chi connectivity index (χ3n) is 3.20. The van der Waals surface area contributed by atoms with E-state index in [0.717, 1.165) is 0 Å². The lowest BCUT2D eigenvalue weighted by atomic mass is 9.99. The molecule has 1 fully saturated rings. The Morgan fingerprint density at radius 3 is 2.61 bits per heavy atom. The fourth-order valence-electron chi connectivity index (χ4n) is 2.09. The number of carbonyl (C=O) groups is 2. The van der Waals surface area contributed by atoms with Crippen LogP contribution in [0.15, 0.2) is 0 Å². The Bertz CT molecular complexity index is 307. The van der Waals surface area contributed by atoms with Gasteiger partial charge in [0, 0.05) is 13.2 Å². The largest absolute Gasteiger partial charge is 0.480 e. The van der Waals surface area contributed by atoms with Crippen LogP contribution in [0.2, 0.25) is 0 Å². The monoisotopic (exact) mass is 259 g/mol. The van der Waals surface area contributed by atoms with E-state index in [2.05, 4.69) is 0 Å². The highest BCUT2D eigenvalue weighted by molar-refractivity contribution is 5.87. The zero-order chi connectivity index (χ0) is 13.6. The molecule has 1 rings (SSSR count). The molecule has 1 atom stereocenters. The normalized spacial score (nSPS) is 23.3. The number of carboxylic acid groups (broad SMARTS) is 1. The third-order valence-corrected chi connectivity index (χ3v) is 3.20. The average molecular weight is 259 g/mol. The van der Waals surface area contributed by atoms with Crippen LogP contribution in [0, 0.1) is 0 Å². The molecule has 104 valence electrons. The number of carbonyl (C=O) groups excluding carboxylic acids is 1. The van der Waals surface area contributed by atoms with Crippen molar-refractivity contribution in [3.05, 3.63) is 0 Å². The fraction of sp³-hybridized carbons (Fsp3) is 0.833. The molecule has 1 aliphatic heterocycles. The number of likely N-dealkylation sites (tertiary alicyclic amines) is 1. The van der Waals surface area contributed by atoms with Crippen LogP contribution in [-0.2, 0) is 19.1 Å². The summed E-state index contributed by atoms with van der Waals surface area (Å²) < 4.78 is 10.2. The van der Waals surface area contributed by atoms with Gasteiger partial charge in [0.1, 0.15) is 12.1 Å². The second-order valence-electron chi connectivity index (χ2n) is 4.48. The summed E-state index contributed by atoms with van der Waals surface area (Å²) in [5.41, 5.74) is -1.08. The molecule has 6 nitrogen and oxygen atoms in total. The molecule has 1 saturated heterocycles. The van der Waals surface area contributed by atoms with Gasteiger partial charge in [0.25, 0.3) is 0 Å². The summed E-state index contributed by atoms with van der Waals surface area (Å²) in [5.74, 6) is -1.23. The smallest absolute Gasteiger partial charge is 0.329 e. The van der Waals surface area contributed by atoms with Crippen LogP contribution < -0.4 is 0 Å². The molecule has 0 aromatic rings. The summed E-state index contributed by atoms with van der Waals surface area (Å²) in [6, 6.07) is 0. The van der Waals surface area contributed by atoms with Crippen LogP contribution in [-0.4, -0.2) is 60.4 Å². The number of carboxylic acids is 1. The van der Waals surface area contributed by atoms with Crippen LogP contribution in [0.3, 0.4) is 0 Å². The van der Waals surface area contributed by atoms with Crippen molar-refractivity contribution in [1.29, 1.82) is 0 Å². The zero-order valence-electron chi connectivity index (χ0n) is 11.0. The van der Waals surface area contributed by atoms with Crippen molar-refractivity contribution in [3.8, 4) is 0 Å². The molecular formula is C12H21NO5. The maximum absolute atomic E-state index is 11.9. The number of nitrogens with zero attached hydrogens (tertiary/aromatic N) is 1. The van der Waals surface area contributed by atoms with Gasteiger partial charge in [-0.05, 0) is 26.7 Å². The average Bonchev–Trinajstić information content (AvgIpc) is 2.72. The molecule has 0 spiro atoms. The van der Waals surface area contributed by atoms with Crippen molar-refractivity contribution < 1.29 is 24.2 Å². The van der Waals surface area contributed by atoms with Gasteiger partial charge in [0.2, 0.25) is 5.91 Å². The van der Waals surface area contributed by atoms with E-state index >= 15 is 0 Å². The SMILES string of the molecule is CCOCCOCC(=O)N1CCCC1(C)C(=O)O. The quantitative estimate of drug-likeness (QED) is 0.674. The van der Waals surface area contributed by atoms with Gasteiger partial charge in [-0.3, -0.25) is 4.79 Å². The number of ether oxygens (including phenoxy) is 2. The first-order chi connectivity index (χ1) is 8.52. The van der Waals surface area contributed by atoms with Crippen molar-refractivity contribution in [2.45, 2.75) is 32.2 Å². The molecule has 0 saturated carbocycles. The van der Waals surface area contributed by atoms with Crippen molar-refractivity contribution in [1.82, 2.24) is 4.90 Å². The van der Waals surface area contributed by atoms with E-state index in [0.29, 0.717) is 39.2 Å². The van der Waals surface area contributed by atoms with Gasteiger partial charge in [-0.25, -0.2) is 4.79 Å². The van der Waals surface area contributed by atoms with Gasteiger partial charge in [-0.2, -0.15) is 0 Å². The maximum atomic E-state index is 11.9. The summed E-state index contributed by atoms with van der Waals surface area (Å²) in [4.78, 5) is 24.5. The second kappa shape index (κ2) is 6.70. The summed E-state index contributed by atoms with van der Waals surface area (Å²) in [6.07, 6.45) is 1.21. The van der Waals surface area contributed by atoms with Crippen molar-refractivity contribution in [3.63, 3.8) is 0 Å². The van der Waals surface area contributed by atoms with Gasteiger partial charge in [-0.1, -0.05) is 0 Å². The highest BCUT2D eigenvalue weighted by Gasteiger charge is 2.45. The minimum atomic E-state index is -1.08. The molecule has 0 bridgehead atoms. The lowest BCUT2D eigenvalue weighted by molar-refractivity contribution is -0.157. The van der Waals surface area contributed by atoms with Gasteiger partial charge in [0.15, 0.2) is 0 Å². The van der Waals surface area contributed by atoms with E-state index in [1.54, 1.807) is 6.92 Å². The van der Waals surface area contributed by atoms with Crippen molar-refractivity contribution in [2.75, 3.05) is 33.0 Å². The molecule has 1 heterocycles. The molecule has 1 amide bonds. The number of amides is 1. The predicted octanol–water partition coefficient (Wildman–Crippen LogP) is 0.505. The fourth-order valence-corrected chi connectivity index (χ4v) is 2.09. The Labute approximate surface area is 107 Å². The number of rotatable bonds is 7. The van der Waals surface area contributed by atoms with E-state index in [1.807, 2.05) is 6.92 Å². The molecule has 0 aromatic carbocycles. The van der Waals surface area contributed by atoms with E-state index < -0.39 is 11.5 Å². The van der Waals surface area contributed by atoms with Crippen molar-refractivity contribution >= 4 is 11.9 Å². The Balaban J connectivity index is 2.39. The Morgan fingerprint density at radius 1 is 1.33 bits per heavy atom. The maximum Gasteiger partial charge on any atom is 0.329 e. The molecule has 0 aliphatic carbocycles. The van der Waals surface area contributed by atoms with Crippen LogP contribution in [0.5, 0.6) is 0 Å². The van der Waals surface area contributed by atoms with E-state index in [4.69, 9.17) is 9.47 Å². The number of hydrogen-bond acceptors (Lipinski definition) is 4. The van der Waals surface area contributed by atoms with Gasteiger partial charge >= 0.3 is 5.97 Å². The van der Waals surface area contributed by atoms with Crippen LogP contribution >= 0.6 is 0 Å². The summed E-state index contributed by atoms with van der Waals surface area (Å²) in [7, 11) is 0. The first-order valence-corrected chi connectivity index (χ1v) is 6.21. The zero-order valence-corrected chi connectivity index (χ0v) is 11.0. The molecule has 18 heavy (non-hydrogen) atoms. The highest BCUT2D eigenvalue weighted by Crippen LogP contribution is 2.29. The van der Waals surface area contributed by atoms with Crippen LogP contribution in [0.1, 0.15) is 26.7 Å². The summed E-state index contributed by atoms with van der Waals surface area (Å²) >= 11 is 0. The Kier molecular flexibility index (Phi) is 5.55. The van der Waals surface area contributed by atoms with Gasteiger partial charge in [-0.15, -0.1) is 0 Å². The molecule has 1 aliphatic rings. The lowest BCUT2D eigenvalue weighted by Gasteiger charge is -2.31. The first kappa shape index (κ1) is 14.9. The highest BCUT2D eigenvalue weighted by atomic mass is 16.5. The molecule has 0 aromatic heterocycles. The molecule has 1 unspecified atom stereocenters. The second-order valence-corrected chi connectivity index (χ2v) is 4.48. The van der Waals surface area contributed by atoms with E-state index in [1.165, 1.54) is 4.90 Å². The minimum Gasteiger partial charge on any atom is -0.480 e. The predicted molar refractivity (Wildman–Crippen MR) is 64.3 cm³/mol. The van der Waals surface area contributed by atoms with E-state index in [9.17, 15) is 14.7 Å². The molecule has 6 heteroatoms. The van der Waals surface area contributed by atoms with Gasteiger partial charge < -0.3 is 19.5 Å². The van der Waals surface area contributed by atoms with E-state index in [-0.39, 0.29) is 12.5 Å². The standard InChI is InChI=1S/C12H21NO5/c1-3-17-7-8-18-9-10(14)13-6-4-5-12(13,2)11(15)16/h3-9H2,1-2H3,(H,15,16). The van der Waals surface area contributed by atoms with Crippen molar-refractivity contribution in [2.24, 2.45) is 0 Å². The molecule has 1 N–H and O–H groups in total. The number of hydrogen-bond donors (Lipinski definition) is 1. The van der Waals surface area contributed by atoms with Crippen LogP contribution in [0.25, 0.3) is 0 Å². The topological polar surface area (TPSA) is 76.1 Å². The third kappa shape index (κ3) is 3.43. The Morgan fingerprint density at radius 2 is 2.00 bits per heavy atom. The summed E-state index contributed by atoms with van der Waals surface area (Å²) in [6.45, 7) is 5.26. The van der Waals surface area contributed by atoms with Gasteiger partial charge in [0.05, 0.1) is 13.2 Å².